The number of aryl methyl sites for hydroxylation is 1. The van der Waals surface area contributed by atoms with Gasteiger partial charge in [0.1, 0.15) is 11.6 Å². The molecule has 5 heteroatoms. The van der Waals surface area contributed by atoms with Gasteiger partial charge in [-0.05, 0) is 48.2 Å². The van der Waals surface area contributed by atoms with Gasteiger partial charge < -0.3 is 16.2 Å². The van der Waals surface area contributed by atoms with Crippen LogP contribution in [0.25, 0.3) is 22.0 Å². The predicted octanol–water partition coefficient (Wildman–Crippen LogP) is 3.56. The van der Waals surface area contributed by atoms with Crippen molar-refractivity contribution in [1.29, 1.82) is 0 Å². The lowest BCUT2D eigenvalue weighted by Gasteiger charge is -2.12. The highest BCUT2D eigenvalue weighted by Crippen LogP contribution is 2.32. The van der Waals surface area contributed by atoms with E-state index >= 15 is 0 Å². The van der Waals surface area contributed by atoms with Crippen LogP contribution < -0.4 is 16.2 Å². The summed E-state index contributed by atoms with van der Waals surface area (Å²) in [7, 11) is 0. The molecule has 0 radical (unpaired) electrons. The number of nitrogens with two attached hydrogens (primary N) is 2. The molecular formula is C18H20N4O. The van der Waals surface area contributed by atoms with Crippen LogP contribution in [0.5, 0.6) is 5.75 Å². The van der Waals surface area contributed by atoms with E-state index in [1.54, 1.807) is 0 Å². The summed E-state index contributed by atoms with van der Waals surface area (Å²) in [4.78, 5) is 8.32. The zero-order valence-corrected chi connectivity index (χ0v) is 13.3. The molecule has 0 saturated carbocycles. The van der Waals surface area contributed by atoms with Gasteiger partial charge in [-0.25, -0.2) is 4.98 Å². The summed E-state index contributed by atoms with van der Waals surface area (Å²) < 4.78 is 5.62. The van der Waals surface area contributed by atoms with Gasteiger partial charge in [0, 0.05) is 5.39 Å². The molecule has 1 heterocycles. The Hall–Kier alpha value is -2.82. The Bertz CT molecular complexity index is 844. The van der Waals surface area contributed by atoms with E-state index in [9.17, 15) is 0 Å². The third-order valence-electron chi connectivity index (χ3n) is 3.81. The number of aromatic nitrogens is 2. The molecule has 0 saturated heterocycles. The Morgan fingerprint density at radius 3 is 2.43 bits per heavy atom. The van der Waals surface area contributed by atoms with Gasteiger partial charge in [0.25, 0.3) is 0 Å². The monoisotopic (exact) mass is 308 g/mol. The molecule has 0 bridgehead atoms. The molecule has 0 atom stereocenters. The summed E-state index contributed by atoms with van der Waals surface area (Å²) >= 11 is 0. The van der Waals surface area contributed by atoms with Gasteiger partial charge in [-0.2, -0.15) is 4.98 Å². The van der Waals surface area contributed by atoms with E-state index in [2.05, 4.69) is 16.9 Å². The van der Waals surface area contributed by atoms with Crippen molar-refractivity contribution in [2.45, 2.75) is 20.3 Å². The van der Waals surface area contributed by atoms with Gasteiger partial charge >= 0.3 is 0 Å². The van der Waals surface area contributed by atoms with E-state index in [-0.39, 0.29) is 5.95 Å². The molecule has 23 heavy (non-hydrogen) atoms. The standard InChI is InChI=1S/C18H20N4O/c1-3-10-23-13-6-4-12(5-7-13)14-8-9-15-16(11(14)2)17(19)22-18(20)21-15/h4-9H,3,10H2,1-2H3,(H4,19,20,21,22). The van der Waals surface area contributed by atoms with Crippen molar-refractivity contribution in [2.24, 2.45) is 0 Å². The van der Waals surface area contributed by atoms with Crippen LogP contribution in [-0.4, -0.2) is 16.6 Å². The average molecular weight is 308 g/mol. The van der Waals surface area contributed by atoms with Crippen molar-refractivity contribution >= 4 is 22.7 Å². The Balaban J connectivity index is 2.04. The fourth-order valence-electron chi connectivity index (χ4n) is 2.70. The minimum atomic E-state index is 0.194. The molecule has 0 fully saturated rings. The van der Waals surface area contributed by atoms with E-state index in [1.807, 2.05) is 43.3 Å². The molecule has 4 N–H and O–H groups in total. The maximum atomic E-state index is 6.03. The zero-order chi connectivity index (χ0) is 16.4. The second kappa shape index (κ2) is 6.12. The highest BCUT2D eigenvalue weighted by molar-refractivity contribution is 5.96. The lowest BCUT2D eigenvalue weighted by Crippen LogP contribution is -2.02. The first-order valence-electron chi connectivity index (χ1n) is 7.65. The molecule has 0 aliphatic carbocycles. The van der Waals surface area contributed by atoms with E-state index in [4.69, 9.17) is 16.2 Å². The number of hydrogen-bond donors (Lipinski definition) is 2. The van der Waals surface area contributed by atoms with Crippen LogP contribution >= 0.6 is 0 Å². The fraction of sp³-hybridized carbons (Fsp3) is 0.222. The minimum absolute atomic E-state index is 0.194. The number of ether oxygens (including phenoxy) is 1. The Morgan fingerprint density at radius 2 is 1.74 bits per heavy atom. The molecule has 0 amide bonds. The van der Waals surface area contributed by atoms with Gasteiger partial charge in [0.05, 0.1) is 12.1 Å². The molecule has 3 aromatic rings. The zero-order valence-electron chi connectivity index (χ0n) is 13.3. The van der Waals surface area contributed by atoms with Crippen molar-refractivity contribution in [3.8, 4) is 16.9 Å². The predicted molar refractivity (Wildman–Crippen MR) is 94.3 cm³/mol. The van der Waals surface area contributed by atoms with Crippen LogP contribution in [0, 0.1) is 6.92 Å². The maximum Gasteiger partial charge on any atom is 0.222 e. The van der Waals surface area contributed by atoms with Gasteiger partial charge in [-0.15, -0.1) is 0 Å². The van der Waals surface area contributed by atoms with Crippen LogP contribution in [0.3, 0.4) is 0 Å². The molecule has 0 unspecified atom stereocenters. The molecule has 5 nitrogen and oxygen atoms in total. The molecule has 2 aromatic carbocycles. The van der Waals surface area contributed by atoms with E-state index in [1.165, 1.54) is 0 Å². The first-order valence-corrected chi connectivity index (χ1v) is 7.65. The van der Waals surface area contributed by atoms with Crippen LogP contribution in [0.4, 0.5) is 11.8 Å². The average Bonchev–Trinajstić information content (AvgIpc) is 2.53. The third-order valence-corrected chi connectivity index (χ3v) is 3.81. The van der Waals surface area contributed by atoms with Gasteiger partial charge in [-0.1, -0.05) is 25.1 Å². The van der Waals surface area contributed by atoms with Crippen LogP contribution in [0.1, 0.15) is 18.9 Å². The van der Waals surface area contributed by atoms with Gasteiger partial charge in [0.15, 0.2) is 0 Å². The first kappa shape index (κ1) is 15.1. The van der Waals surface area contributed by atoms with Crippen LogP contribution in [0.2, 0.25) is 0 Å². The maximum absolute atomic E-state index is 6.03. The van der Waals surface area contributed by atoms with Crippen molar-refractivity contribution < 1.29 is 4.74 Å². The quantitative estimate of drug-likeness (QED) is 0.769. The van der Waals surface area contributed by atoms with Crippen LogP contribution in [-0.2, 0) is 0 Å². The van der Waals surface area contributed by atoms with Crippen molar-refractivity contribution in [2.75, 3.05) is 18.1 Å². The number of nitrogens with zero attached hydrogens (tertiary/aromatic N) is 2. The number of anilines is 2. The summed E-state index contributed by atoms with van der Waals surface area (Å²) in [5.74, 6) is 1.49. The lowest BCUT2D eigenvalue weighted by molar-refractivity contribution is 0.317. The summed E-state index contributed by atoms with van der Waals surface area (Å²) in [6, 6.07) is 12.0. The highest BCUT2D eigenvalue weighted by atomic mass is 16.5. The van der Waals surface area contributed by atoms with Gasteiger partial charge in [0.2, 0.25) is 5.95 Å². The van der Waals surface area contributed by atoms with E-state index in [0.717, 1.165) is 46.4 Å². The molecule has 1 aromatic heterocycles. The minimum Gasteiger partial charge on any atom is -0.494 e. The number of rotatable bonds is 4. The van der Waals surface area contributed by atoms with Crippen molar-refractivity contribution in [3.05, 3.63) is 42.0 Å². The molecule has 0 spiro atoms. The Kier molecular flexibility index (Phi) is 4.02. The topological polar surface area (TPSA) is 87.0 Å². The highest BCUT2D eigenvalue weighted by Gasteiger charge is 2.11. The van der Waals surface area contributed by atoms with Gasteiger partial charge in [-0.3, -0.25) is 0 Å². The first-order chi connectivity index (χ1) is 11.1. The van der Waals surface area contributed by atoms with Crippen molar-refractivity contribution in [1.82, 2.24) is 9.97 Å². The molecule has 0 aliphatic rings. The molecule has 3 rings (SSSR count). The number of fused-ring (bicyclic) bond motifs is 1. The normalized spacial score (nSPS) is 10.9. The molecular weight excluding hydrogens is 288 g/mol. The summed E-state index contributed by atoms with van der Waals surface area (Å²) in [5, 5.41) is 0.850. The molecule has 0 aliphatic heterocycles. The Morgan fingerprint density at radius 1 is 1.00 bits per heavy atom. The smallest absolute Gasteiger partial charge is 0.222 e. The SMILES string of the molecule is CCCOc1ccc(-c2ccc3nc(N)nc(N)c3c2C)cc1. The number of nitrogen functional groups attached to an aromatic ring is 2. The largest absolute Gasteiger partial charge is 0.494 e. The van der Waals surface area contributed by atoms with E-state index < -0.39 is 0 Å². The third kappa shape index (κ3) is 2.90. The lowest BCUT2D eigenvalue weighted by atomic mass is 9.97. The number of benzene rings is 2. The second-order valence-electron chi connectivity index (χ2n) is 5.47. The number of hydrogen-bond acceptors (Lipinski definition) is 5. The summed E-state index contributed by atoms with van der Waals surface area (Å²) in [6.07, 6.45) is 0.994. The fourth-order valence-corrected chi connectivity index (χ4v) is 2.70. The van der Waals surface area contributed by atoms with Crippen molar-refractivity contribution in [3.63, 3.8) is 0 Å². The molecule has 118 valence electrons. The Labute approximate surface area is 135 Å². The van der Waals surface area contributed by atoms with E-state index in [0.29, 0.717) is 5.82 Å². The summed E-state index contributed by atoms with van der Waals surface area (Å²) in [5.41, 5.74) is 15.7. The second-order valence-corrected chi connectivity index (χ2v) is 5.47. The van der Waals surface area contributed by atoms with Crippen LogP contribution in [0.15, 0.2) is 36.4 Å². The summed E-state index contributed by atoms with van der Waals surface area (Å²) in [6.45, 7) is 4.84.